The van der Waals surface area contributed by atoms with Gasteiger partial charge in [-0.05, 0) is 62.4 Å². The van der Waals surface area contributed by atoms with Crippen LogP contribution in [-0.4, -0.2) is 49.0 Å². The van der Waals surface area contributed by atoms with Crippen LogP contribution in [0.25, 0.3) is 10.9 Å². The van der Waals surface area contributed by atoms with E-state index in [1.807, 2.05) is 13.8 Å². The maximum absolute atomic E-state index is 13.0. The van der Waals surface area contributed by atoms with E-state index >= 15 is 0 Å². The monoisotopic (exact) mass is 460 g/mol. The Balaban J connectivity index is 1.55. The molecule has 2 aromatic carbocycles. The van der Waals surface area contributed by atoms with Crippen LogP contribution in [0.1, 0.15) is 24.2 Å². The minimum atomic E-state index is -3.69. The first-order valence-corrected chi connectivity index (χ1v) is 11.6. The van der Waals surface area contributed by atoms with E-state index in [9.17, 15) is 13.2 Å². The van der Waals surface area contributed by atoms with E-state index in [0.29, 0.717) is 15.9 Å². The number of carbonyl (C=O) groups is 1. The normalized spacial score (nSPS) is 20.0. The molecular formula is C22H21ClN2O5S. The lowest BCUT2D eigenvalue weighted by molar-refractivity contribution is -0.0440. The molecule has 0 aliphatic carbocycles. The fourth-order valence-electron chi connectivity index (χ4n) is 3.59. The number of nitrogens with zero attached hydrogens (tertiary/aromatic N) is 2. The predicted octanol–water partition coefficient (Wildman–Crippen LogP) is 3.91. The number of carbonyl (C=O) groups excluding carboxylic acids is 1. The third-order valence-electron chi connectivity index (χ3n) is 5.00. The van der Waals surface area contributed by atoms with Gasteiger partial charge in [-0.1, -0.05) is 11.6 Å². The zero-order chi connectivity index (χ0) is 22.2. The first-order valence-electron chi connectivity index (χ1n) is 9.77. The van der Waals surface area contributed by atoms with Crippen molar-refractivity contribution in [2.24, 2.45) is 0 Å². The zero-order valence-corrected chi connectivity index (χ0v) is 18.6. The van der Waals surface area contributed by atoms with Crippen molar-refractivity contribution in [2.75, 3.05) is 13.1 Å². The van der Waals surface area contributed by atoms with Gasteiger partial charge in [-0.2, -0.15) is 4.31 Å². The molecule has 162 valence electrons. The molecule has 0 amide bonds. The third kappa shape index (κ3) is 4.43. The summed E-state index contributed by atoms with van der Waals surface area (Å²) in [5, 5.41) is 1.18. The molecule has 1 aromatic heterocycles. The van der Waals surface area contributed by atoms with Gasteiger partial charge in [0.15, 0.2) is 5.75 Å². The molecule has 7 nitrogen and oxygen atoms in total. The first-order chi connectivity index (χ1) is 14.8. The predicted molar refractivity (Wildman–Crippen MR) is 117 cm³/mol. The number of rotatable bonds is 4. The molecule has 31 heavy (non-hydrogen) atoms. The highest BCUT2D eigenvalue weighted by Gasteiger charge is 2.32. The number of ether oxygens (including phenoxy) is 2. The number of benzene rings is 2. The fraction of sp³-hybridized carbons (Fsp3) is 0.273. The summed E-state index contributed by atoms with van der Waals surface area (Å²) in [4.78, 5) is 17.0. The molecular weight excluding hydrogens is 440 g/mol. The lowest BCUT2D eigenvalue weighted by Gasteiger charge is -2.34. The molecule has 1 aliphatic heterocycles. The standard InChI is InChI=1S/C22H21ClN2O5S/c1-14-12-25(13-15(2)29-14)31(27,28)17-7-5-16(6-8-17)22(26)30-20-10-9-19(23)18-4-3-11-24-21(18)20/h3-11,14-15H,12-13H2,1-2H3/t14-,15-/m0/s1. The molecule has 1 aliphatic rings. The molecule has 4 rings (SSSR count). The molecule has 0 saturated carbocycles. The largest absolute Gasteiger partial charge is 0.421 e. The van der Waals surface area contributed by atoms with Crippen LogP contribution in [0.2, 0.25) is 5.02 Å². The average Bonchev–Trinajstić information content (AvgIpc) is 2.75. The third-order valence-corrected chi connectivity index (χ3v) is 7.17. The van der Waals surface area contributed by atoms with Gasteiger partial charge in [0.05, 0.1) is 27.7 Å². The van der Waals surface area contributed by atoms with E-state index in [-0.39, 0.29) is 41.5 Å². The van der Waals surface area contributed by atoms with E-state index in [1.165, 1.54) is 28.6 Å². The van der Waals surface area contributed by atoms with E-state index in [4.69, 9.17) is 21.1 Å². The van der Waals surface area contributed by atoms with Crippen LogP contribution in [0.4, 0.5) is 0 Å². The number of hydrogen-bond acceptors (Lipinski definition) is 6. The Hall–Kier alpha value is -2.52. The smallest absolute Gasteiger partial charge is 0.343 e. The highest BCUT2D eigenvalue weighted by atomic mass is 35.5. The van der Waals surface area contributed by atoms with Gasteiger partial charge in [0.25, 0.3) is 0 Å². The van der Waals surface area contributed by atoms with Crippen molar-refractivity contribution in [1.29, 1.82) is 0 Å². The Morgan fingerprint density at radius 2 is 1.77 bits per heavy atom. The van der Waals surface area contributed by atoms with Crippen molar-refractivity contribution < 1.29 is 22.7 Å². The van der Waals surface area contributed by atoms with Crippen LogP contribution in [0.15, 0.2) is 59.6 Å². The Morgan fingerprint density at radius 1 is 1.10 bits per heavy atom. The van der Waals surface area contributed by atoms with Crippen molar-refractivity contribution in [3.63, 3.8) is 0 Å². The van der Waals surface area contributed by atoms with Crippen LogP contribution < -0.4 is 4.74 Å². The molecule has 1 saturated heterocycles. The van der Waals surface area contributed by atoms with Gasteiger partial charge in [-0.15, -0.1) is 0 Å². The lowest BCUT2D eigenvalue weighted by atomic mass is 10.2. The summed E-state index contributed by atoms with van der Waals surface area (Å²) in [7, 11) is -3.69. The summed E-state index contributed by atoms with van der Waals surface area (Å²) in [6.07, 6.45) is 1.22. The van der Waals surface area contributed by atoms with Crippen LogP contribution in [0.5, 0.6) is 5.75 Å². The lowest BCUT2D eigenvalue weighted by Crippen LogP contribution is -2.48. The van der Waals surface area contributed by atoms with Gasteiger partial charge in [-0.3, -0.25) is 4.98 Å². The SMILES string of the molecule is C[C@H]1CN(S(=O)(=O)c2ccc(C(=O)Oc3ccc(Cl)c4cccnc34)cc2)C[C@H](C)O1. The van der Waals surface area contributed by atoms with E-state index < -0.39 is 16.0 Å². The molecule has 9 heteroatoms. The van der Waals surface area contributed by atoms with Crippen LogP contribution in [-0.2, 0) is 14.8 Å². The summed E-state index contributed by atoms with van der Waals surface area (Å²) in [5.41, 5.74) is 0.694. The van der Waals surface area contributed by atoms with Crippen LogP contribution >= 0.6 is 11.6 Å². The van der Waals surface area contributed by atoms with Crippen molar-refractivity contribution >= 4 is 38.5 Å². The van der Waals surface area contributed by atoms with Gasteiger partial charge >= 0.3 is 5.97 Å². The Morgan fingerprint density at radius 3 is 2.45 bits per heavy atom. The van der Waals surface area contributed by atoms with Gasteiger partial charge < -0.3 is 9.47 Å². The van der Waals surface area contributed by atoms with Gasteiger partial charge in [0, 0.05) is 24.7 Å². The molecule has 2 heterocycles. The van der Waals surface area contributed by atoms with Crippen LogP contribution in [0, 0.1) is 0 Å². The topological polar surface area (TPSA) is 85.8 Å². The van der Waals surface area contributed by atoms with E-state index in [2.05, 4.69) is 4.98 Å². The number of fused-ring (bicyclic) bond motifs is 1. The van der Waals surface area contributed by atoms with Gasteiger partial charge in [0.1, 0.15) is 5.52 Å². The Bertz CT molecular complexity index is 1220. The molecule has 0 N–H and O–H groups in total. The minimum absolute atomic E-state index is 0.115. The van der Waals surface area contributed by atoms with Crippen LogP contribution in [0.3, 0.4) is 0 Å². The van der Waals surface area contributed by atoms with Crippen molar-refractivity contribution in [2.45, 2.75) is 31.0 Å². The number of halogens is 1. The summed E-state index contributed by atoms with van der Waals surface area (Å²) in [6.45, 7) is 4.25. The number of hydrogen-bond donors (Lipinski definition) is 0. The molecule has 0 spiro atoms. The number of esters is 1. The summed E-state index contributed by atoms with van der Waals surface area (Å²) >= 11 is 6.18. The number of aromatic nitrogens is 1. The average molecular weight is 461 g/mol. The van der Waals surface area contributed by atoms with Crippen molar-refractivity contribution in [3.8, 4) is 5.75 Å². The Labute approximate surface area is 185 Å². The van der Waals surface area contributed by atoms with E-state index in [1.54, 1.807) is 30.5 Å². The fourth-order valence-corrected chi connectivity index (χ4v) is 5.40. The Kier molecular flexibility index (Phi) is 5.98. The zero-order valence-electron chi connectivity index (χ0n) is 17.0. The first kappa shape index (κ1) is 21.7. The van der Waals surface area contributed by atoms with Gasteiger partial charge in [0.2, 0.25) is 10.0 Å². The second kappa shape index (κ2) is 8.55. The van der Waals surface area contributed by atoms with Gasteiger partial charge in [-0.25, -0.2) is 13.2 Å². The molecule has 0 bridgehead atoms. The second-order valence-corrected chi connectivity index (χ2v) is 9.78. The number of pyridine rings is 1. The maximum atomic E-state index is 13.0. The van der Waals surface area contributed by atoms with Crippen molar-refractivity contribution in [3.05, 3.63) is 65.3 Å². The highest BCUT2D eigenvalue weighted by molar-refractivity contribution is 7.89. The van der Waals surface area contributed by atoms with Crippen molar-refractivity contribution in [1.82, 2.24) is 9.29 Å². The molecule has 2 atom stereocenters. The molecule has 3 aromatic rings. The second-order valence-electron chi connectivity index (χ2n) is 7.44. The molecule has 1 fully saturated rings. The minimum Gasteiger partial charge on any atom is -0.421 e. The summed E-state index contributed by atoms with van der Waals surface area (Å²) in [6, 6.07) is 12.4. The van der Waals surface area contributed by atoms with E-state index in [0.717, 1.165) is 0 Å². The highest BCUT2D eigenvalue weighted by Crippen LogP contribution is 2.30. The quantitative estimate of drug-likeness (QED) is 0.433. The molecule has 0 radical (unpaired) electrons. The number of sulfonamides is 1. The number of morpholine rings is 1. The summed E-state index contributed by atoms with van der Waals surface area (Å²) in [5.74, 6) is -0.343. The molecule has 0 unspecified atom stereocenters. The summed E-state index contributed by atoms with van der Waals surface area (Å²) < 4.78 is 38.4. The maximum Gasteiger partial charge on any atom is 0.343 e.